The first kappa shape index (κ1) is 14.0. The molecule has 2 nitrogen and oxygen atoms in total. The molecule has 0 unspecified atom stereocenters. The molecule has 0 aliphatic heterocycles. The number of aliphatic hydroxyl groups is 1. The van der Waals surface area contributed by atoms with Crippen LogP contribution in [0.3, 0.4) is 0 Å². The Morgan fingerprint density at radius 1 is 1.16 bits per heavy atom. The minimum atomic E-state index is -0.790. The van der Waals surface area contributed by atoms with Crippen molar-refractivity contribution in [2.45, 2.75) is 20.0 Å². The average molecular weight is 325 g/mol. The highest BCUT2D eigenvalue weighted by Gasteiger charge is 2.12. The van der Waals surface area contributed by atoms with E-state index in [0.29, 0.717) is 17.1 Å². The fourth-order valence-corrected chi connectivity index (χ4v) is 2.26. The molecule has 0 aliphatic carbocycles. The van der Waals surface area contributed by atoms with Crippen LogP contribution in [0.2, 0.25) is 0 Å². The van der Waals surface area contributed by atoms with E-state index in [0.717, 1.165) is 10.0 Å². The second-order valence-corrected chi connectivity index (χ2v) is 5.29. The van der Waals surface area contributed by atoms with Crippen LogP contribution in [-0.2, 0) is 0 Å². The van der Waals surface area contributed by atoms with Gasteiger partial charge in [0.25, 0.3) is 0 Å². The van der Waals surface area contributed by atoms with Crippen LogP contribution in [0.5, 0.6) is 11.5 Å². The van der Waals surface area contributed by atoms with Crippen LogP contribution in [0.15, 0.2) is 40.9 Å². The van der Waals surface area contributed by atoms with Gasteiger partial charge in [-0.3, -0.25) is 0 Å². The summed E-state index contributed by atoms with van der Waals surface area (Å²) in [6.07, 6.45) is -0.790. The third kappa shape index (κ3) is 3.33. The molecule has 100 valence electrons. The lowest BCUT2D eigenvalue weighted by Crippen LogP contribution is -1.98. The van der Waals surface area contributed by atoms with Crippen molar-refractivity contribution in [2.24, 2.45) is 0 Å². The summed E-state index contributed by atoms with van der Waals surface area (Å²) in [5.74, 6) is 0.745. The largest absolute Gasteiger partial charge is 0.457 e. The average Bonchev–Trinajstić information content (AvgIpc) is 2.34. The molecule has 1 N–H and O–H groups in total. The van der Waals surface area contributed by atoms with Gasteiger partial charge in [0.1, 0.15) is 17.3 Å². The molecule has 0 spiro atoms. The summed E-state index contributed by atoms with van der Waals surface area (Å²) < 4.78 is 19.9. The summed E-state index contributed by atoms with van der Waals surface area (Å²) in [6.45, 7) is 3.50. The second kappa shape index (κ2) is 5.72. The lowest BCUT2D eigenvalue weighted by Gasteiger charge is -2.14. The Bertz CT molecular complexity index is 597. The van der Waals surface area contributed by atoms with Gasteiger partial charge in [-0.2, -0.15) is 0 Å². The normalized spacial score (nSPS) is 12.3. The fourth-order valence-electron chi connectivity index (χ4n) is 1.78. The Morgan fingerprint density at radius 3 is 2.47 bits per heavy atom. The summed E-state index contributed by atoms with van der Waals surface area (Å²) in [7, 11) is 0. The van der Waals surface area contributed by atoms with Crippen molar-refractivity contribution in [3.63, 3.8) is 0 Å². The minimum absolute atomic E-state index is 0.393. The topological polar surface area (TPSA) is 29.5 Å². The van der Waals surface area contributed by atoms with Crippen LogP contribution in [-0.4, -0.2) is 5.11 Å². The van der Waals surface area contributed by atoms with Gasteiger partial charge in [-0.25, -0.2) is 4.39 Å². The first-order valence-corrected chi connectivity index (χ1v) is 6.68. The molecule has 0 radical (unpaired) electrons. The van der Waals surface area contributed by atoms with Gasteiger partial charge in [0.05, 0.1) is 6.10 Å². The standard InChI is InChI=1S/C15H14BrFO2/c1-9-7-11(16)3-5-14(9)19-15-6-4-12(17)8-13(15)10(2)18/h3-8,10,18H,1-2H3/t10-/m1/s1. The molecule has 2 aromatic carbocycles. The summed E-state index contributed by atoms with van der Waals surface area (Å²) in [6, 6.07) is 9.76. The summed E-state index contributed by atoms with van der Waals surface area (Å²) in [4.78, 5) is 0. The maximum atomic E-state index is 13.2. The van der Waals surface area contributed by atoms with Crippen LogP contribution < -0.4 is 4.74 Å². The molecule has 0 heterocycles. The molecule has 4 heteroatoms. The third-order valence-corrected chi connectivity index (χ3v) is 3.27. The Labute approximate surface area is 120 Å². The predicted octanol–water partition coefficient (Wildman–Crippen LogP) is 4.74. The lowest BCUT2D eigenvalue weighted by molar-refractivity contribution is 0.195. The van der Waals surface area contributed by atoms with Gasteiger partial charge in [0, 0.05) is 10.0 Å². The quantitative estimate of drug-likeness (QED) is 0.883. The van der Waals surface area contributed by atoms with Crippen LogP contribution in [0, 0.1) is 12.7 Å². The Balaban J connectivity index is 2.38. The number of ether oxygens (including phenoxy) is 1. The molecule has 2 aromatic rings. The number of aliphatic hydroxyl groups excluding tert-OH is 1. The molecular weight excluding hydrogens is 311 g/mol. The Hall–Kier alpha value is -1.39. The molecule has 0 amide bonds. The molecular formula is C15H14BrFO2. The van der Waals surface area contributed by atoms with E-state index in [-0.39, 0.29) is 0 Å². The van der Waals surface area contributed by atoms with Gasteiger partial charge in [-0.05, 0) is 55.8 Å². The van der Waals surface area contributed by atoms with Gasteiger partial charge in [0.15, 0.2) is 0 Å². The van der Waals surface area contributed by atoms with E-state index in [9.17, 15) is 9.50 Å². The molecule has 0 aliphatic rings. The van der Waals surface area contributed by atoms with E-state index >= 15 is 0 Å². The first-order chi connectivity index (χ1) is 8.97. The Morgan fingerprint density at radius 2 is 1.84 bits per heavy atom. The number of aryl methyl sites for hydroxylation is 1. The molecule has 0 saturated heterocycles. The number of hydrogen-bond acceptors (Lipinski definition) is 2. The van der Waals surface area contributed by atoms with Gasteiger partial charge >= 0.3 is 0 Å². The number of halogens is 2. The van der Waals surface area contributed by atoms with E-state index in [1.165, 1.54) is 18.2 Å². The SMILES string of the molecule is Cc1cc(Br)ccc1Oc1ccc(F)cc1[C@@H](C)O. The highest BCUT2D eigenvalue weighted by atomic mass is 79.9. The highest BCUT2D eigenvalue weighted by molar-refractivity contribution is 9.10. The Kier molecular flexibility index (Phi) is 4.22. The predicted molar refractivity (Wildman–Crippen MR) is 76.0 cm³/mol. The maximum absolute atomic E-state index is 13.2. The molecule has 0 aromatic heterocycles. The molecule has 19 heavy (non-hydrogen) atoms. The van der Waals surface area contributed by atoms with Crippen molar-refractivity contribution in [3.8, 4) is 11.5 Å². The van der Waals surface area contributed by atoms with Crippen LogP contribution in [0.4, 0.5) is 4.39 Å². The van der Waals surface area contributed by atoms with E-state index in [1.54, 1.807) is 6.92 Å². The molecule has 0 bridgehead atoms. The zero-order valence-corrected chi connectivity index (χ0v) is 12.2. The summed E-state index contributed by atoms with van der Waals surface area (Å²) in [5, 5.41) is 9.67. The number of benzene rings is 2. The monoisotopic (exact) mass is 324 g/mol. The zero-order chi connectivity index (χ0) is 14.0. The third-order valence-electron chi connectivity index (χ3n) is 2.78. The van der Waals surface area contributed by atoms with Crippen LogP contribution in [0.25, 0.3) is 0 Å². The second-order valence-electron chi connectivity index (χ2n) is 4.37. The van der Waals surface area contributed by atoms with E-state index in [4.69, 9.17) is 4.74 Å². The van der Waals surface area contributed by atoms with Gasteiger partial charge in [-0.15, -0.1) is 0 Å². The van der Waals surface area contributed by atoms with Crippen LogP contribution >= 0.6 is 15.9 Å². The van der Waals surface area contributed by atoms with Crippen molar-refractivity contribution in [1.29, 1.82) is 0 Å². The van der Waals surface area contributed by atoms with Crippen molar-refractivity contribution < 1.29 is 14.2 Å². The number of hydrogen-bond donors (Lipinski definition) is 1. The van der Waals surface area contributed by atoms with Crippen LogP contribution in [0.1, 0.15) is 24.2 Å². The maximum Gasteiger partial charge on any atom is 0.133 e. The summed E-state index contributed by atoms with van der Waals surface area (Å²) >= 11 is 3.38. The molecule has 1 atom stereocenters. The van der Waals surface area contributed by atoms with Crippen molar-refractivity contribution in [3.05, 3.63) is 57.8 Å². The van der Waals surface area contributed by atoms with E-state index in [1.807, 2.05) is 25.1 Å². The first-order valence-electron chi connectivity index (χ1n) is 5.89. The van der Waals surface area contributed by atoms with Gasteiger partial charge in [-0.1, -0.05) is 15.9 Å². The minimum Gasteiger partial charge on any atom is -0.457 e. The number of rotatable bonds is 3. The molecule has 0 saturated carbocycles. The van der Waals surface area contributed by atoms with E-state index < -0.39 is 11.9 Å². The van der Waals surface area contributed by atoms with Gasteiger partial charge < -0.3 is 9.84 Å². The van der Waals surface area contributed by atoms with E-state index in [2.05, 4.69) is 15.9 Å². The molecule has 0 fully saturated rings. The van der Waals surface area contributed by atoms with Crippen molar-refractivity contribution in [1.82, 2.24) is 0 Å². The lowest BCUT2D eigenvalue weighted by atomic mass is 10.1. The highest BCUT2D eigenvalue weighted by Crippen LogP contribution is 2.32. The summed E-state index contributed by atoms with van der Waals surface area (Å²) in [5.41, 5.74) is 1.39. The van der Waals surface area contributed by atoms with Gasteiger partial charge in [0.2, 0.25) is 0 Å². The fraction of sp³-hybridized carbons (Fsp3) is 0.200. The zero-order valence-electron chi connectivity index (χ0n) is 10.7. The van der Waals surface area contributed by atoms with Crippen molar-refractivity contribution >= 4 is 15.9 Å². The van der Waals surface area contributed by atoms with Crippen molar-refractivity contribution in [2.75, 3.05) is 0 Å². The smallest absolute Gasteiger partial charge is 0.133 e. The molecule has 2 rings (SSSR count).